The van der Waals surface area contributed by atoms with Crippen LogP contribution in [-0.4, -0.2) is 25.1 Å². The number of fused-ring (bicyclic) bond motifs is 10. The average Bonchev–Trinajstić information content (AvgIpc) is 3.69. The molecule has 1 atom stereocenters. The molecule has 0 spiro atoms. The lowest BCUT2D eigenvalue weighted by atomic mass is 9.95. The van der Waals surface area contributed by atoms with E-state index in [2.05, 4.69) is 140 Å². The van der Waals surface area contributed by atoms with Gasteiger partial charge in [0.05, 0.1) is 27.8 Å². The molecular formula is C42H26N6O. The molecule has 3 aromatic heterocycles. The van der Waals surface area contributed by atoms with Crippen molar-refractivity contribution >= 4 is 55.3 Å². The molecule has 7 nitrogen and oxygen atoms in total. The van der Waals surface area contributed by atoms with E-state index in [1.807, 2.05) is 18.2 Å². The van der Waals surface area contributed by atoms with E-state index < -0.39 is 0 Å². The van der Waals surface area contributed by atoms with E-state index in [-0.39, 0.29) is 6.04 Å². The summed E-state index contributed by atoms with van der Waals surface area (Å²) in [7, 11) is 0. The topological polar surface area (TPSA) is 69.3 Å². The van der Waals surface area contributed by atoms with Gasteiger partial charge in [0, 0.05) is 56.8 Å². The molecule has 2 aliphatic rings. The molecule has 11 rings (SSSR count). The molecule has 7 heteroatoms. The lowest BCUT2D eigenvalue weighted by Crippen LogP contribution is -2.27. The van der Waals surface area contributed by atoms with Gasteiger partial charge in [0.2, 0.25) is 5.96 Å². The minimum absolute atomic E-state index is 0.251. The van der Waals surface area contributed by atoms with Crippen molar-refractivity contribution in [3.8, 4) is 28.6 Å². The molecule has 49 heavy (non-hydrogen) atoms. The second kappa shape index (κ2) is 9.89. The van der Waals surface area contributed by atoms with Gasteiger partial charge in [-0.25, -0.2) is 15.0 Å². The van der Waals surface area contributed by atoms with Crippen LogP contribution in [0.15, 0.2) is 151 Å². The molecule has 0 bridgehead atoms. The van der Waals surface area contributed by atoms with E-state index in [9.17, 15) is 0 Å². The van der Waals surface area contributed by atoms with Gasteiger partial charge in [0.15, 0.2) is 17.3 Å². The monoisotopic (exact) mass is 630 g/mol. The van der Waals surface area contributed by atoms with Crippen LogP contribution in [0.2, 0.25) is 0 Å². The normalized spacial score (nSPS) is 14.8. The van der Waals surface area contributed by atoms with Crippen LogP contribution >= 0.6 is 0 Å². The zero-order chi connectivity index (χ0) is 32.1. The summed E-state index contributed by atoms with van der Waals surface area (Å²) in [6.07, 6.45) is 3.55. The van der Waals surface area contributed by atoms with Gasteiger partial charge in [0.1, 0.15) is 6.04 Å². The first kappa shape index (κ1) is 26.4. The van der Waals surface area contributed by atoms with Crippen LogP contribution in [-0.2, 0) is 0 Å². The first-order chi connectivity index (χ1) is 24.3. The Morgan fingerprint density at radius 3 is 2.20 bits per heavy atom. The zero-order valence-electron chi connectivity index (χ0n) is 26.1. The predicted molar refractivity (Wildman–Crippen MR) is 196 cm³/mol. The van der Waals surface area contributed by atoms with Gasteiger partial charge in [-0.2, -0.15) is 0 Å². The van der Waals surface area contributed by atoms with Gasteiger partial charge >= 0.3 is 0 Å². The standard InChI is InChI=1S/C42H26N6O/c1-4-16-30-27(13-1)39(25-11-9-12-26(23-25)41-43-21-10-22-44-41)46-42(45-30)48-32-18-6-2-14-28(32)37-34(48)24-36-40-38(37)29-15-3-5-17-31(29)47(40)33-19-7-8-20-35(33)49-36/h1-24,39H,(H,45,46). The summed E-state index contributed by atoms with van der Waals surface area (Å²) in [4.78, 5) is 14.5. The highest BCUT2D eigenvalue weighted by Crippen LogP contribution is 2.50. The Hall–Kier alpha value is -6.73. The van der Waals surface area contributed by atoms with Crippen molar-refractivity contribution in [2.75, 3.05) is 5.32 Å². The van der Waals surface area contributed by atoms with Gasteiger partial charge in [-0.3, -0.25) is 4.57 Å². The summed E-state index contributed by atoms with van der Waals surface area (Å²) < 4.78 is 11.3. The third kappa shape index (κ3) is 3.69. The summed E-state index contributed by atoms with van der Waals surface area (Å²) in [6, 6.07) is 46.2. The van der Waals surface area contributed by atoms with Gasteiger partial charge in [-0.05, 0) is 48.0 Å². The zero-order valence-corrected chi connectivity index (χ0v) is 26.1. The fourth-order valence-electron chi connectivity index (χ4n) is 7.84. The molecule has 0 saturated heterocycles. The van der Waals surface area contributed by atoms with E-state index in [1.165, 1.54) is 16.2 Å². The Morgan fingerprint density at radius 1 is 0.592 bits per heavy atom. The average molecular weight is 631 g/mol. The molecule has 5 heterocycles. The SMILES string of the molecule is c1cnc(-c2cccc(C3N=C(n4c5ccccc5c5c6c7ccccc7n7c6c(cc54)Oc4ccccc4-7)Nc4ccccc43)c2)nc1. The van der Waals surface area contributed by atoms with E-state index in [4.69, 9.17) is 9.73 Å². The van der Waals surface area contributed by atoms with Crippen molar-refractivity contribution in [2.24, 2.45) is 4.99 Å². The van der Waals surface area contributed by atoms with Crippen molar-refractivity contribution in [1.82, 2.24) is 19.1 Å². The van der Waals surface area contributed by atoms with Gasteiger partial charge in [-0.15, -0.1) is 0 Å². The molecule has 0 saturated carbocycles. The maximum absolute atomic E-state index is 6.72. The van der Waals surface area contributed by atoms with E-state index in [1.54, 1.807) is 12.4 Å². The molecule has 1 N–H and O–H groups in total. The number of para-hydroxylation sites is 5. The van der Waals surface area contributed by atoms with Crippen LogP contribution in [0.5, 0.6) is 11.5 Å². The highest BCUT2D eigenvalue weighted by molar-refractivity contribution is 6.32. The van der Waals surface area contributed by atoms with Crippen LogP contribution in [0.3, 0.4) is 0 Å². The number of anilines is 1. The van der Waals surface area contributed by atoms with Crippen LogP contribution in [0, 0.1) is 0 Å². The minimum Gasteiger partial charge on any atom is -0.453 e. The number of nitrogens with zero attached hydrogens (tertiary/aromatic N) is 5. The smallest absolute Gasteiger partial charge is 0.208 e. The second-order valence-corrected chi connectivity index (χ2v) is 12.5. The maximum Gasteiger partial charge on any atom is 0.208 e. The molecule has 6 aromatic carbocycles. The summed E-state index contributed by atoms with van der Waals surface area (Å²) in [5.74, 6) is 3.11. The lowest BCUT2D eigenvalue weighted by Gasteiger charge is -2.27. The number of ether oxygens (including phenoxy) is 1. The van der Waals surface area contributed by atoms with Crippen molar-refractivity contribution in [3.05, 3.63) is 157 Å². The second-order valence-electron chi connectivity index (χ2n) is 12.5. The van der Waals surface area contributed by atoms with E-state index in [0.717, 1.165) is 73.0 Å². The Balaban J connectivity index is 1.21. The Bertz CT molecular complexity index is 2850. The molecule has 0 amide bonds. The lowest BCUT2D eigenvalue weighted by molar-refractivity contribution is 0.477. The molecule has 0 fully saturated rings. The maximum atomic E-state index is 6.72. The van der Waals surface area contributed by atoms with Crippen LogP contribution in [0.1, 0.15) is 17.2 Å². The number of nitrogens with one attached hydrogen (secondary N) is 1. The quantitative estimate of drug-likeness (QED) is 0.206. The van der Waals surface area contributed by atoms with E-state index >= 15 is 0 Å². The molecular weight excluding hydrogens is 605 g/mol. The number of aromatic nitrogens is 4. The van der Waals surface area contributed by atoms with Crippen LogP contribution < -0.4 is 10.1 Å². The van der Waals surface area contributed by atoms with Crippen LogP contribution in [0.25, 0.3) is 60.7 Å². The fraction of sp³-hybridized carbons (Fsp3) is 0.0238. The molecule has 1 unspecified atom stereocenters. The number of hydrogen-bond acceptors (Lipinski definition) is 5. The minimum atomic E-state index is -0.251. The molecule has 230 valence electrons. The first-order valence-corrected chi connectivity index (χ1v) is 16.4. The number of benzene rings is 6. The summed E-state index contributed by atoms with van der Waals surface area (Å²) in [5, 5.41) is 8.43. The highest BCUT2D eigenvalue weighted by atomic mass is 16.5. The summed E-state index contributed by atoms with van der Waals surface area (Å²) >= 11 is 0. The van der Waals surface area contributed by atoms with Crippen LogP contribution in [0.4, 0.5) is 5.69 Å². The van der Waals surface area contributed by atoms with Gasteiger partial charge < -0.3 is 14.6 Å². The number of hydrogen-bond donors (Lipinski definition) is 1. The first-order valence-electron chi connectivity index (χ1n) is 16.4. The Kier molecular flexibility index (Phi) is 5.32. The summed E-state index contributed by atoms with van der Waals surface area (Å²) in [6.45, 7) is 0. The third-order valence-electron chi connectivity index (χ3n) is 9.85. The largest absolute Gasteiger partial charge is 0.453 e. The highest BCUT2D eigenvalue weighted by Gasteiger charge is 2.30. The molecule has 0 radical (unpaired) electrons. The predicted octanol–water partition coefficient (Wildman–Crippen LogP) is 9.87. The molecule has 9 aromatic rings. The number of rotatable bonds is 2. The summed E-state index contributed by atoms with van der Waals surface area (Å²) in [5.41, 5.74) is 9.54. The van der Waals surface area contributed by atoms with Gasteiger partial charge in [-0.1, -0.05) is 84.9 Å². The van der Waals surface area contributed by atoms with Crippen molar-refractivity contribution < 1.29 is 4.74 Å². The van der Waals surface area contributed by atoms with Gasteiger partial charge in [0.25, 0.3) is 0 Å². The van der Waals surface area contributed by atoms with Crippen molar-refractivity contribution in [1.29, 1.82) is 0 Å². The van der Waals surface area contributed by atoms with E-state index in [0.29, 0.717) is 5.82 Å². The molecule has 0 aliphatic carbocycles. The Morgan fingerprint density at radius 2 is 1.33 bits per heavy atom. The fourth-order valence-corrected chi connectivity index (χ4v) is 7.84. The number of aliphatic imine (C=N–C) groups is 1. The van der Waals surface area contributed by atoms with Crippen molar-refractivity contribution in [3.63, 3.8) is 0 Å². The van der Waals surface area contributed by atoms with Crippen molar-refractivity contribution in [2.45, 2.75) is 6.04 Å². The third-order valence-corrected chi connectivity index (χ3v) is 9.85. The Labute approximate surface area is 280 Å². The molecule has 2 aliphatic heterocycles.